The number of phenolic OH excluding ortho intramolecular Hbond substituents is 1. The van der Waals surface area contributed by atoms with Crippen LogP contribution in [0.4, 0.5) is 0 Å². The van der Waals surface area contributed by atoms with Gasteiger partial charge in [0.05, 0.1) is 28.9 Å². The van der Waals surface area contributed by atoms with E-state index in [1.54, 1.807) is 12.1 Å². The molecule has 1 saturated carbocycles. The van der Waals surface area contributed by atoms with Crippen molar-refractivity contribution in [2.24, 2.45) is 5.10 Å². The fourth-order valence-electron chi connectivity index (χ4n) is 3.02. The van der Waals surface area contributed by atoms with Crippen LogP contribution in [0.15, 0.2) is 52.0 Å². The molecule has 3 aromatic rings. The van der Waals surface area contributed by atoms with Crippen LogP contribution in [-0.2, 0) is 0 Å². The summed E-state index contributed by atoms with van der Waals surface area (Å²) in [5, 5.41) is 14.7. The maximum absolute atomic E-state index is 12.8. The summed E-state index contributed by atoms with van der Waals surface area (Å²) < 4.78 is 5.60. The van der Waals surface area contributed by atoms with Crippen molar-refractivity contribution in [1.82, 2.24) is 10.4 Å². The molecule has 1 amide bonds. The monoisotopic (exact) mass is 439 g/mol. The third kappa shape index (κ3) is 3.71. The van der Waals surface area contributed by atoms with Gasteiger partial charge in [-0.3, -0.25) is 9.78 Å². The number of carbonyl (C=O) groups excluding carboxylic acids is 1. The number of rotatable bonds is 5. The Morgan fingerprint density at radius 2 is 2.11 bits per heavy atom. The van der Waals surface area contributed by atoms with Crippen molar-refractivity contribution < 1.29 is 14.6 Å². The predicted octanol–water partition coefficient (Wildman–Crippen LogP) is 4.35. The Balaban J connectivity index is 1.59. The van der Waals surface area contributed by atoms with Crippen LogP contribution in [0.3, 0.4) is 0 Å². The van der Waals surface area contributed by atoms with E-state index in [2.05, 4.69) is 31.4 Å². The normalized spacial score (nSPS) is 13.8. The second-order valence-corrected chi connectivity index (χ2v) is 7.49. The highest BCUT2D eigenvalue weighted by Crippen LogP contribution is 2.40. The number of carbonyl (C=O) groups is 1. The van der Waals surface area contributed by atoms with E-state index in [-0.39, 0.29) is 11.7 Å². The molecule has 1 fully saturated rings. The van der Waals surface area contributed by atoms with Crippen LogP contribution in [0.2, 0.25) is 0 Å². The van der Waals surface area contributed by atoms with Gasteiger partial charge >= 0.3 is 0 Å². The number of methoxy groups -OCH3 is 1. The van der Waals surface area contributed by atoms with Gasteiger partial charge in [0, 0.05) is 17.0 Å². The van der Waals surface area contributed by atoms with Crippen LogP contribution in [0.25, 0.3) is 10.9 Å². The van der Waals surface area contributed by atoms with Crippen molar-refractivity contribution in [3.63, 3.8) is 0 Å². The highest BCUT2D eigenvalue weighted by atomic mass is 79.9. The molecule has 0 aliphatic heterocycles. The molecule has 0 radical (unpaired) electrons. The molecular weight excluding hydrogens is 422 g/mol. The lowest BCUT2D eigenvalue weighted by Crippen LogP contribution is -2.18. The van der Waals surface area contributed by atoms with Crippen LogP contribution in [0, 0.1) is 0 Å². The standard InChI is InChI=1S/C21H18BrN3O3/c1-28-19-9-12(8-16(22)20(19)26)11-23-25-21(27)15-10-18(13-6-7-13)24-17-5-3-2-4-14(15)17/h2-5,8-11,13,26H,6-7H2,1H3,(H,25,27). The van der Waals surface area contributed by atoms with Crippen LogP contribution in [0.5, 0.6) is 11.5 Å². The van der Waals surface area contributed by atoms with Crippen molar-refractivity contribution in [2.75, 3.05) is 7.11 Å². The second-order valence-electron chi connectivity index (χ2n) is 6.64. The smallest absolute Gasteiger partial charge is 0.272 e. The summed E-state index contributed by atoms with van der Waals surface area (Å²) in [5.74, 6) is 0.485. The molecular formula is C21H18BrN3O3. The quantitative estimate of drug-likeness (QED) is 0.457. The molecule has 0 atom stereocenters. The number of hydrogen-bond donors (Lipinski definition) is 2. The summed E-state index contributed by atoms with van der Waals surface area (Å²) in [4.78, 5) is 17.4. The molecule has 142 valence electrons. The number of aromatic nitrogens is 1. The zero-order valence-electron chi connectivity index (χ0n) is 15.1. The van der Waals surface area contributed by atoms with Gasteiger partial charge in [-0.15, -0.1) is 0 Å². The van der Waals surface area contributed by atoms with E-state index in [1.165, 1.54) is 13.3 Å². The zero-order chi connectivity index (χ0) is 19.7. The highest BCUT2D eigenvalue weighted by molar-refractivity contribution is 9.10. The molecule has 7 heteroatoms. The summed E-state index contributed by atoms with van der Waals surface area (Å²) in [6.07, 6.45) is 3.72. The van der Waals surface area contributed by atoms with Gasteiger partial charge in [-0.1, -0.05) is 18.2 Å². The Kier molecular flexibility index (Phi) is 5.00. The van der Waals surface area contributed by atoms with Crippen molar-refractivity contribution in [2.45, 2.75) is 18.8 Å². The lowest BCUT2D eigenvalue weighted by atomic mass is 10.1. The number of benzene rings is 2. The van der Waals surface area contributed by atoms with Crippen LogP contribution < -0.4 is 10.2 Å². The Labute approximate surface area is 170 Å². The third-order valence-electron chi connectivity index (χ3n) is 4.63. The fourth-order valence-corrected chi connectivity index (χ4v) is 3.48. The Morgan fingerprint density at radius 1 is 1.32 bits per heavy atom. The second kappa shape index (κ2) is 7.59. The summed E-state index contributed by atoms with van der Waals surface area (Å²) in [7, 11) is 1.47. The number of nitrogens with one attached hydrogen (secondary N) is 1. The Hall–Kier alpha value is -2.93. The number of ether oxygens (including phenoxy) is 1. The van der Waals surface area contributed by atoms with E-state index in [4.69, 9.17) is 4.74 Å². The number of halogens is 1. The van der Waals surface area contributed by atoms with Gasteiger partial charge in [0.1, 0.15) is 0 Å². The van der Waals surface area contributed by atoms with Gasteiger partial charge in [0.15, 0.2) is 11.5 Å². The first-order valence-corrected chi connectivity index (χ1v) is 9.65. The van der Waals surface area contributed by atoms with Gasteiger partial charge < -0.3 is 9.84 Å². The molecule has 1 aliphatic rings. The zero-order valence-corrected chi connectivity index (χ0v) is 16.7. The van der Waals surface area contributed by atoms with E-state index in [9.17, 15) is 9.90 Å². The van der Waals surface area contributed by atoms with Crippen LogP contribution >= 0.6 is 15.9 Å². The maximum atomic E-state index is 12.8. The summed E-state index contributed by atoms with van der Waals surface area (Å²) in [6.45, 7) is 0. The fraction of sp³-hybridized carbons (Fsp3) is 0.190. The number of aromatic hydroxyl groups is 1. The number of hydrazone groups is 1. The van der Waals surface area contributed by atoms with E-state index in [0.717, 1.165) is 29.4 Å². The number of phenols is 1. The first-order valence-electron chi connectivity index (χ1n) is 8.86. The molecule has 1 aliphatic carbocycles. The number of amides is 1. The number of hydrogen-bond acceptors (Lipinski definition) is 5. The van der Waals surface area contributed by atoms with Gasteiger partial charge in [-0.05, 0) is 58.6 Å². The van der Waals surface area contributed by atoms with Crippen LogP contribution in [0.1, 0.15) is 40.4 Å². The van der Waals surface area contributed by atoms with Gasteiger partial charge in [0.25, 0.3) is 5.91 Å². The van der Waals surface area contributed by atoms with Crippen molar-refractivity contribution in [1.29, 1.82) is 0 Å². The number of nitrogens with zero attached hydrogens (tertiary/aromatic N) is 2. The van der Waals surface area contributed by atoms with E-state index in [0.29, 0.717) is 27.3 Å². The maximum Gasteiger partial charge on any atom is 0.272 e. The highest BCUT2D eigenvalue weighted by Gasteiger charge is 2.26. The molecule has 2 aromatic carbocycles. The minimum Gasteiger partial charge on any atom is -0.503 e. The molecule has 28 heavy (non-hydrogen) atoms. The van der Waals surface area contributed by atoms with E-state index >= 15 is 0 Å². The lowest BCUT2D eigenvalue weighted by molar-refractivity contribution is 0.0956. The van der Waals surface area contributed by atoms with Gasteiger partial charge in [0.2, 0.25) is 0 Å². The van der Waals surface area contributed by atoms with Crippen molar-refractivity contribution in [3.8, 4) is 11.5 Å². The minimum atomic E-state index is -0.290. The lowest BCUT2D eigenvalue weighted by Gasteiger charge is -2.08. The van der Waals surface area contributed by atoms with Crippen molar-refractivity contribution in [3.05, 3.63) is 63.8 Å². The summed E-state index contributed by atoms with van der Waals surface area (Å²) in [5.41, 5.74) is 5.58. The topological polar surface area (TPSA) is 83.8 Å². The van der Waals surface area contributed by atoms with E-state index in [1.807, 2.05) is 30.3 Å². The molecule has 2 N–H and O–H groups in total. The molecule has 4 rings (SSSR count). The summed E-state index contributed by atoms with van der Waals surface area (Å²) in [6, 6.07) is 12.8. The average Bonchev–Trinajstić information content (AvgIpc) is 3.55. The van der Waals surface area contributed by atoms with Gasteiger partial charge in [-0.25, -0.2) is 5.43 Å². The average molecular weight is 440 g/mol. The Bertz CT molecular complexity index is 1090. The molecule has 6 nitrogen and oxygen atoms in total. The number of pyridine rings is 1. The molecule has 0 bridgehead atoms. The Morgan fingerprint density at radius 3 is 2.86 bits per heavy atom. The molecule has 0 spiro atoms. The number of fused-ring (bicyclic) bond motifs is 1. The molecule has 1 heterocycles. The third-order valence-corrected chi connectivity index (χ3v) is 5.23. The van der Waals surface area contributed by atoms with E-state index < -0.39 is 0 Å². The number of para-hydroxylation sites is 1. The molecule has 1 aromatic heterocycles. The molecule has 0 unspecified atom stereocenters. The van der Waals surface area contributed by atoms with Gasteiger partial charge in [-0.2, -0.15) is 5.10 Å². The van der Waals surface area contributed by atoms with Crippen LogP contribution in [-0.4, -0.2) is 29.3 Å². The SMILES string of the molecule is COc1cc(C=NNC(=O)c2cc(C3CC3)nc3ccccc23)cc(Br)c1O. The first-order chi connectivity index (χ1) is 13.6. The predicted molar refractivity (Wildman–Crippen MR) is 111 cm³/mol. The van der Waals surface area contributed by atoms with Crippen molar-refractivity contribution >= 4 is 39.0 Å². The molecule has 0 saturated heterocycles. The minimum absolute atomic E-state index is 0.0135. The first kappa shape index (κ1) is 18.4. The summed E-state index contributed by atoms with van der Waals surface area (Å²) >= 11 is 3.26. The largest absolute Gasteiger partial charge is 0.503 e.